The van der Waals surface area contributed by atoms with Gasteiger partial charge in [0.15, 0.2) is 0 Å². The zero-order chi connectivity index (χ0) is 14.7. The van der Waals surface area contributed by atoms with Gasteiger partial charge in [0.25, 0.3) is 0 Å². The highest BCUT2D eigenvalue weighted by Crippen LogP contribution is 2.16. The van der Waals surface area contributed by atoms with Crippen LogP contribution in [0.4, 0.5) is 5.13 Å². The Kier molecular flexibility index (Phi) is 4.29. The standard InChI is InChI=1S/C13H17N5OS/c1-5-12-15-16-13(20-12)14-11(19)7-6-10-8(2)17-18(4)9(10)3/h6-7H,5H2,1-4H3,(H,14,16,19)/b7-6+. The van der Waals surface area contributed by atoms with Crippen molar-refractivity contribution >= 4 is 28.5 Å². The number of nitrogens with one attached hydrogen (secondary N) is 1. The molecule has 1 amide bonds. The van der Waals surface area contributed by atoms with Crippen molar-refractivity contribution in [3.05, 3.63) is 28.0 Å². The van der Waals surface area contributed by atoms with Gasteiger partial charge in [0, 0.05) is 24.4 Å². The molecule has 2 heterocycles. The molecule has 106 valence electrons. The van der Waals surface area contributed by atoms with Crippen molar-refractivity contribution in [1.29, 1.82) is 0 Å². The van der Waals surface area contributed by atoms with Gasteiger partial charge in [-0.15, -0.1) is 10.2 Å². The minimum Gasteiger partial charge on any atom is -0.297 e. The van der Waals surface area contributed by atoms with Crippen molar-refractivity contribution in [3.63, 3.8) is 0 Å². The second-order valence-electron chi connectivity index (χ2n) is 4.39. The maximum absolute atomic E-state index is 11.8. The van der Waals surface area contributed by atoms with Gasteiger partial charge in [0.1, 0.15) is 5.01 Å². The summed E-state index contributed by atoms with van der Waals surface area (Å²) in [7, 11) is 1.88. The molecule has 0 saturated heterocycles. The zero-order valence-corrected chi connectivity index (χ0v) is 12.8. The monoisotopic (exact) mass is 291 g/mol. The summed E-state index contributed by atoms with van der Waals surface area (Å²) in [6.07, 6.45) is 4.08. The lowest BCUT2D eigenvalue weighted by Crippen LogP contribution is -2.07. The summed E-state index contributed by atoms with van der Waals surface area (Å²) in [5.74, 6) is -0.216. The molecular formula is C13H17N5OS. The van der Waals surface area contributed by atoms with Gasteiger partial charge in [-0.25, -0.2) is 0 Å². The first-order valence-electron chi connectivity index (χ1n) is 6.33. The fourth-order valence-electron chi connectivity index (χ4n) is 1.78. The molecule has 0 unspecified atom stereocenters. The SMILES string of the molecule is CCc1nnc(NC(=O)/C=C/c2c(C)nn(C)c2C)s1. The average molecular weight is 291 g/mol. The normalized spacial score (nSPS) is 11.2. The summed E-state index contributed by atoms with van der Waals surface area (Å²) < 4.78 is 1.80. The van der Waals surface area contributed by atoms with Crippen LogP contribution in [0.15, 0.2) is 6.08 Å². The van der Waals surface area contributed by atoms with Crippen LogP contribution < -0.4 is 5.32 Å². The van der Waals surface area contributed by atoms with Crippen molar-refractivity contribution in [2.45, 2.75) is 27.2 Å². The lowest BCUT2D eigenvalue weighted by Gasteiger charge is -1.96. The molecule has 0 aliphatic rings. The predicted octanol–water partition coefficient (Wildman–Crippen LogP) is 2.10. The van der Waals surface area contributed by atoms with Crippen LogP contribution in [0.25, 0.3) is 6.08 Å². The van der Waals surface area contributed by atoms with E-state index in [2.05, 4.69) is 20.6 Å². The molecule has 0 radical (unpaired) electrons. The number of amides is 1. The highest BCUT2D eigenvalue weighted by molar-refractivity contribution is 7.15. The Labute approximate surface area is 121 Å². The van der Waals surface area contributed by atoms with Crippen LogP contribution in [0.5, 0.6) is 0 Å². The number of anilines is 1. The number of carbonyl (C=O) groups excluding carboxylic acids is 1. The second-order valence-corrected chi connectivity index (χ2v) is 5.45. The Morgan fingerprint density at radius 3 is 2.70 bits per heavy atom. The number of aromatic nitrogens is 4. The molecule has 2 aromatic rings. The smallest absolute Gasteiger partial charge is 0.250 e. The zero-order valence-electron chi connectivity index (χ0n) is 12.0. The van der Waals surface area contributed by atoms with Crippen molar-refractivity contribution in [3.8, 4) is 0 Å². The van der Waals surface area contributed by atoms with E-state index < -0.39 is 0 Å². The Hall–Kier alpha value is -2.02. The van der Waals surface area contributed by atoms with E-state index in [9.17, 15) is 4.79 Å². The van der Waals surface area contributed by atoms with E-state index in [-0.39, 0.29) is 5.91 Å². The van der Waals surface area contributed by atoms with Crippen molar-refractivity contribution in [1.82, 2.24) is 20.0 Å². The number of rotatable bonds is 4. The van der Waals surface area contributed by atoms with E-state index in [1.165, 1.54) is 17.4 Å². The molecule has 2 aromatic heterocycles. The average Bonchev–Trinajstić information content (AvgIpc) is 2.94. The lowest BCUT2D eigenvalue weighted by atomic mass is 10.2. The van der Waals surface area contributed by atoms with Crippen LogP contribution in [-0.4, -0.2) is 25.9 Å². The highest BCUT2D eigenvalue weighted by Gasteiger charge is 2.08. The van der Waals surface area contributed by atoms with Gasteiger partial charge < -0.3 is 0 Å². The summed E-state index contributed by atoms with van der Waals surface area (Å²) in [5, 5.41) is 16.3. The Morgan fingerprint density at radius 1 is 1.40 bits per heavy atom. The maximum Gasteiger partial charge on any atom is 0.250 e. The largest absolute Gasteiger partial charge is 0.297 e. The molecule has 0 aliphatic heterocycles. The Bertz CT molecular complexity index is 656. The van der Waals surface area contributed by atoms with Gasteiger partial charge in [0.2, 0.25) is 11.0 Å². The third kappa shape index (κ3) is 3.11. The molecule has 20 heavy (non-hydrogen) atoms. The topological polar surface area (TPSA) is 72.7 Å². The third-order valence-electron chi connectivity index (χ3n) is 2.97. The molecule has 0 fully saturated rings. The molecule has 0 spiro atoms. The van der Waals surface area contributed by atoms with Crippen molar-refractivity contribution in [2.75, 3.05) is 5.32 Å². The highest BCUT2D eigenvalue weighted by atomic mass is 32.1. The number of hydrogen-bond acceptors (Lipinski definition) is 5. The van der Waals surface area contributed by atoms with E-state index in [1.54, 1.807) is 10.8 Å². The van der Waals surface area contributed by atoms with Gasteiger partial charge in [-0.3, -0.25) is 14.8 Å². The molecule has 2 rings (SSSR count). The van der Waals surface area contributed by atoms with Gasteiger partial charge in [-0.1, -0.05) is 18.3 Å². The molecule has 0 atom stereocenters. The number of carbonyl (C=O) groups is 1. The van der Waals surface area contributed by atoms with Crippen LogP contribution in [0.1, 0.15) is 28.9 Å². The van der Waals surface area contributed by atoms with Gasteiger partial charge in [-0.2, -0.15) is 5.10 Å². The van der Waals surface area contributed by atoms with Crippen LogP contribution in [-0.2, 0) is 18.3 Å². The van der Waals surface area contributed by atoms with Crippen LogP contribution in [0.3, 0.4) is 0 Å². The first kappa shape index (κ1) is 14.4. The Morgan fingerprint density at radius 2 is 2.15 bits per heavy atom. The maximum atomic E-state index is 11.8. The van der Waals surface area contributed by atoms with E-state index in [0.717, 1.165) is 28.4 Å². The van der Waals surface area contributed by atoms with Crippen molar-refractivity contribution in [2.24, 2.45) is 7.05 Å². The van der Waals surface area contributed by atoms with Gasteiger partial charge >= 0.3 is 0 Å². The minimum atomic E-state index is -0.216. The molecule has 1 N–H and O–H groups in total. The molecule has 0 saturated carbocycles. The molecule has 0 bridgehead atoms. The van der Waals surface area contributed by atoms with Gasteiger partial charge in [0.05, 0.1) is 5.69 Å². The van der Waals surface area contributed by atoms with Crippen LogP contribution in [0.2, 0.25) is 0 Å². The summed E-state index contributed by atoms with van der Waals surface area (Å²) >= 11 is 1.39. The number of nitrogens with zero attached hydrogens (tertiary/aromatic N) is 4. The first-order valence-corrected chi connectivity index (χ1v) is 7.14. The van der Waals surface area contributed by atoms with E-state index in [0.29, 0.717) is 5.13 Å². The van der Waals surface area contributed by atoms with E-state index >= 15 is 0 Å². The minimum absolute atomic E-state index is 0.216. The quantitative estimate of drug-likeness (QED) is 0.876. The Balaban J connectivity index is 2.05. The lowest BCUT2D eigenvalue weighted by molar-refractivity contribution is -0.111. The number of aryl methyl sites for hydroxylation is 3. The van der Waals surface area contributed by atoms with Crippen LogP contribution in [0, 0.1) is 13.8 Å². The fraction of sp³-hybridized carbons (Fsp3) is 0.385. The molecular weight excluding hydrogens is 274 g/mol. The van der Waals surface area contributed by atoms with Crippen LogP contribution >= 0.6 is 11.3 Å². The van der Waals surface area contributed by atoms with Crippen molar-refractivity contribution < 1.29 is 4.79 Å². The molecule has 0 aliphatic carbocycles. The number of hydrogen-bond donors (Lipinski definition) is 1. The molecule has 7 heteroatoms. The van der Waals surface area contributed by atoms with E-state index in [1.807, 2.05) is 27.8 Å². The summed E-state index contributed by atoms with van der Waals surface area (Å²) in [6, 6.07) is 0. The van der Waals surface area contributed by atoms with E-state index in [4.69, 9.17) is 0 Å². The summed E-state index contributed by atoms with van der Waals surface area (Å²) in [6.45, 7) is 5.89. The molecule has 6 nitrogen and oxygen atoms in total. The van der Waals surface area contributed by atoms with Gasteiger partial charge in [-0.05, 0) is 26.3 Å². The molecule has 0 aromatic carbocycles. The second kappa shape index (κ2) is 5.96. The third-order valence-corrected chi connectivity index (χ3v) is 3.95. The first-order chi connectivity index (χ1) is 9.51. The summed E-state index contributed by atoms with van der Waals surface area (Å²) in [4.78, 5) is 11.8. The summed E-state index contributed by atoms with van der Waals surface area (Å²) in [5.41, 5.74) is 2.89. The fourth-order valence-corrected chi connectivity index (χ4v) is 2.47. The predicted molar refractivity (Wildman–Crippen MR) is 79.6 cm³/mol.